The molecule has 0 aliphatic rings. The maximum absolute atomic E-state index is 13.2. The molecular formula is C22H27FN2O2. The van der Waals surface area contributed by atoms with Gasteiger partial charge >= 0.3 is 0 Å². The minimum atomic E-state index is -0.558. The molecule has 0 unspecified atom stereocenters. The normalized spacial score (nSPS) is 11.7. The van der Waals surface area contributed by atoms with Gasteiger partial charge in [-0.15, -0.1) is 0 Å². The Morgan fingerprint density at radius 3 is 2.26 bits per heavy atom. The van der Waals surface area contributed by atoms with Crippen LogP contribution in [0.25, 0.3) is 0 Å². The summed E-state index contributed by atoms with van der Waals surface area (Å²) in [7, 11) is 0. The van der Waals surface area contributed by atoms with Crippen LogP contribution in [0.15, 0.2) is 54.6 Å². The van der Waals surface area contributed by atoms with Gasteiger partial charge in [0.05, 0.1) is 6.42 Å². The molecule has 1 atom stereocenters. The Hall–Kier alpha value is -2.69. The van der Waals surface area contributed by atoms with E-state index in [0.717, 1.165) is 17.5 Å². The average Bonchev–Trinajstić information content (AvgIpc) is 2.68. The summed E-state index contributed by atoms with van der Waals surface area (Å²) in [5, 5.41) is 2.88. The molecule has 2 aromatic carbocycles. The Kier molecular flexibility index (Phi) is 7.99. The van der Waals surface area contributed by atoms with Gasteiger partial charge in [0.1, 0.15) is 11.9 Å². The standard InChI is InChI=1S/C22H27FN2O2/c1-3-14-24-22(27)20(4-2)25(16-18-10-12-19(23)13-11-18)21(26)15-17-8-6-5-7-9-17/h5-13,20H,3-4,14-16H2,1-2H3,(H,24,27)/t20-/m0/s1. The molecule has 0 fully saturated rings. The van der Waals surface area contributed by atoms with Gasteiger partial charge in [-0.1, -0.05) is 56.3 Å². The maximum Gasteiger partial charge on any atom is 0.242 e. The lowest BCUT2D eigenvalue weighted by molar-refractivity contribution is -0.140. The molecule has 0 bridgehead atoms. The molecule has 0 saturated heterocycles. The zero-order valence-corrected chi connectivity index (χ0v) is 16.0. The zero-order chi connectivity index (χ0) is 19.6. The molecule has 2 aromatic rings. The van der Waals surface area contributed by atoms with Gasteiger partial charge in [-0.25, -0.2) is 4.39 Å². The van der Waals surface area contributed by atoms with Crippen LogP contribution >= 0.6 is 0 Å². The lowest BCUT2D eigenvalue weighted by Crippen LogP contribution is -2.49. The molecule has 27 heavy (non-hydrogen) atoms. The molecule has 0 aliphatic carbocycles. The number of carbonyl (C=O) groups is 2. The summed E-state index contributed by atoms with van der Waals surface area (Å²) in [4.78, 5) is 27.2. The van der Waals surface area contributed by atoms with Gasteiger partial charge in [0.15, 0.2) is 0 Å². The van der Waals surface area contributed by atoms with Gasteiger partial charge in [0.2, 0.25) is 11.8 Å². The summed E-state index contributed by atoms with van der Waals surface area (Å²) >= 11 is 0. The smallest absolute Gasteiger partial charge is 0.242 e. The van der Waals surface area contributed by atoms with Crippen molar-refractivity contribution in [3.05, 3.63) is 71.5 Å². The number of halogens is 1. The summed E-state index contributed by atoms with van der Waals surface area (Å²) in [6, 6.07) is 14.9. The largest absolute Gasteiger partial charge is 0.354 e. The summed E-state index contributed by atoms with van der Waals surface area (Å²) in [5.41, 5.74) is 1.69. The predicted molar refractivity (Wildman–Crippen MR) is 104 cm³/mol. The Bertz CT molecular complexity index is 732. The highest BCUT2D eigenvalue weighted by Crippen LogP contribution is 2.15. The third kappa shape index (κ3) is 6.20. The first kappa shape index (κ1) is 20.6. The second kappa shape index (κ2) is 10.5. The highest BCUT2D eigenvalue weighted by molar-refractivity contribution is 5.88. The summed E-state index contributed by atoms with van der Waals surface area (Å²) in [6.07, 6.45) is 1.56. The van der Waals surface area contributed by atoms with Crippen LogP contribution in [0.2, 0.25) is 0 Å². The van der Waals surface area contributed by atoms with Crippen LogP contribution in [0, 0.1) is 5.82 Å². The van der Waals surface area contributed by atoms with Gasteiger partial charge in [0, 0.05) is 13.1 Å². The molecule has 144 valence electrons. The fourth-order valence-corrected chi connectivity index (χ4v) is 2.94. The van der Waals surface area contributed by atoms with Crippen molar-refractivity contribution < 1.29 is 14.0 Å². The number of hydrogen-bond donors (Lipinski definition) is 1. The number of hydrogen-bond acceptors (Lipinski definition) is 2. The molecule has 2 rings (SSSR count). The van der Waals surface area contributed by atoms with Crippen LogP contribution in [0.4, 0.5) is 4.39 Å². The number of nitrogens with one attached hydrogen (secondary N) is 1. The van der Waals surface area contributed by atoms with Crippen molar-refractivity contribution in [3.8, 4) is 0 Å². The van der Waals surface area contributed by atoms with E-state index in [4.69, 9.17) is 0 Å². The molecule has 2 amide bonds. The van der Waals surface area contributed by atoms with Crippen molar-refractivity contribution in [1.82, 2.24) is 10.2 Å². The van der Waals surface area contributed by atoms with Crippen LogP contribution in [-0.2, 0) is 22.6 Å². The van der Waals surface area contributed by atoms with E-state index in [1.807, 2.05) is 44.2 Å². The van der Waals surface area contributed by atoms with Gasteiger partial charge in [-0.05, 0) is 36.1 Å². The van der Waals surface area contributed by atoms with E-state index < -0.39 is 6.04 Å². The molecular weight excluding hydrogens is 343 g/mol. The summed E-state index contributed by atoms with van der Waals surface area (Å²) in [6.45, 7) is 4.72. The van der Waals surface area contributed by atoms with Crippen molar-refractivity contribution in [2.75, 3.05) is 6.54 Å². The highest BCUT2D eigenvalue weighted by Gasteiger charge is 2.28. The van der Waals surface area contributed by atoms with Crippen LogP contribution in [0.3, 0.4) is 0 Å². The second-order valence-corrected chi connectivity index (χ2v) is 6.53. The number of rotatable bonds is 9. The van der Waals surface area contributed by atoms with Gasteiger partial charge in [-0.2, -0.15) is 0 Å². The molecule has 0 radical (unpaired) electrons. The van der Waals surface area contributed by atoms with Crippen LogP contribution in [0.5, 0.6) is 0 Å². The number of carbonyl (C=O) groups excluding carboxylic acids is 2. The van der Waals surface area contributed by atoms with Gasteiger partial charge in [0.25, 0.3) is 0 Å². The first-order chi connectivity index (χ1) is 13.0. The van der Waals surface area contributed by atoms with Gasteiger partial charge < -0.3 is 10.2 Å². The lowest BCUT2D eigenvalue weighted by Gasteiger charge is -2.30. The minimum Gasteiger partial charge on any atom is -0.354 e. The molecule has 1 N–H and O–H groups in total. The van der Waals surface area contributed by atoms with E-state index in [1.165, 1.54) is 12.1 Å². The minimum absolute atomic E-state index is 0.121. The fourth-order valence-electron chi connectivity index (χ4n) is 2.94. The van der Waals surface area contributed by atoms with Crippen molar-refractivity contribution in [2.24, 2.45) is 0 Å². The molecule has 4 nitrogen and oxygen atoms in total. The molecule has 0 aliphatic heterocycles. The zero-order valence-electron chi connectivity index (χ0n) is 16.0. The number of benzene rings is 2. The van der Waals surface area contributed by atoms with Crippen LogP contribution < -0.4 is 5.32 Å². The van der Waals surface area contributed by atoms with Crippen molar-refractivity contribution in [1.29, 1.82) is 0 Å². The van der Waals surface area contributed by atoms with Gasteiger partial charge in [-0.3, -0.25) is 9.59 Å². The number of nitrogens with zero attached hydrogens (tertiary/aromatic N) is 1. The first-order valence-electron chi connectivity index (χ1n) is 9.40. The second-order valence-electron chi connectivity index (χ2n) is 6.53. The lowest BCUT2D eigenvalue weighted by atomic mass is 10.1. The van der Waals surface area contributed by atoms with Crippen LogP contribution in [-0.4, -0.2) is 29.3 Å². The quantitative estimate of drug-likeness (QED) is 0.732. The Morgan fingerprint density at radius 2 is 1.67 bits per heavy atom. The van der Waals surface area contributed by atoms with Crippen molar-refractivity contribution >= 4 is 11.8 Å². The predicted octanol–water partition coefficient (Wildman–Crippen LogP) is 3.70. The molecule has 0 spiro atoms. The molecule has 0 heterocycles. The van der Waals surface area contributed by atoms with E-state index in [0.29, 0.717) is 13.0 Å². The molecule has 5 heteroatoms. The molecule has 0 aromatic heterocycles. The Morgan fingerprint density at radius 1 is 1.00 bits per heavy atom. The first-order valence-corrected chi connectivity index (χ1v) is 9.40. The highest BCUT2D eigenvalue weighted by atomic mass is 19.1. The van der Waals surface area contributed by atoms with Crippen LogP contribution in [0.1, 0.15) is 37.8 Å². The Balaban J connectivity index is 2.23. The van der Waals surface area contributed by atoms with E-state index in [1.54, 1.807) is 17.0 Å². The SMILES string of the molecule is CCCNC(=O)[C@H](CC)N(Cc1ccc(F)cc1)C(=O)Cc1ccccc1. The fraction of sp³-hybridized carbons (Fsp3) is 0.364. The van der Waals surface area contributed by atoms with Crippen molar-refractivity contribution in [2.45, 2.75) is 45.7 Å². The third-order valence-electron chi connectivity index (χ3n) is 4.40. The summed E-state index contributed by atoms with van der Waals surface area (Å²) < 4.78 is 13.2. The Labute approximate surface area is 160 Å². The van der Waals surface area contributed by atoms with Crippen molar-refractivity contribution in [3.63, 3.8) is 0 Å². The average molecular weight is 370 g/mol. The van der Waals surface area contributed by atoms with E-state index in [9.17, 15) is 14.0 Å². The maximum atomic E-state index is 13.2. The topological polar surface area (TPSA) is 49.4 Å². The van der Waals surface area contributed by atoms with E-state index >= 15 is 0 Å². The third-order valence-corrected chi connectivity index (χ3v) is 4.40. The monoisotopic (exact) mass is 370 g/mol. The number of amides is 2. The summed E-state index contributed by atoms with van der Waals surface area (Å²) in [5.74, 6) is -0.597. The molecule has 0 saturated carbocycles. The van der Waals surface area contributed by atoms with E-state index in [2.05, 4.69) is 5.32 Å². The van der Waals surface area contributed by atoms with E-state index in [-0.39, 0.29) is 30.6 Å².